The summed E-state index contributed by atoms with van der Waals surface area (Å²) in [5.41, 5.74) is 7.37. The van der Waals surface area contributed by atoms with Crippen molar-refractivity contribution in [2.24, 2.45) is 5.73 Å². The molecule has 0 spiro atoms. The van der Waals surface area contributed by atoms with Crippen molar-refractivity contribution in [1.29, 1.82) is 0 Å². The van der Waals surface area contributed by atoms with Crippen molar-refractivity contribution in [3.63, 3.8) is 0 Å². The summed E-state index contributed by atoms with van der Waals surface area (Å²) in [7, 11) is 1.60. The van der Waals surface area contributed by atoms with E-state index in [0.717, 1.165) is 22.5 Å². The summed E-state index contributed by atoms with van der Waals surface area (Å²) in [6.45, 7) is 1.85. The molecule has 23 heavy (non-hydrogen) atoms. The summed E-state index contributed by atoms with van der Waals surface area (Å²) in [6, 6.07) is 14.3. The zero-order valence-electron chi connectivity index (χ0n) is 12.9. The highest BCUT2D eigenvalue weighted by Crippen LogP contribution is 2.25. The fourth-order valence-electron chi connectivity index (χ4n) is 2.67. The van der Waals surface area contributed by atoms with Crippen molar-refractivity contribution < 1.29 is 4.74 Å². The first-order valence-electron chi connectivity index (χ1n) is 7.27. The zero-order chi connectivity index (χ0) is 16.6. The number of hydrogen-bond donors (Lipinski definition) is 1. The van der Waals surface area contributed by atoms with Crippen LogP contribution >= 0.6 is 11.6 Å². The molecule has 2 N–H and O–H groups in total. The molecule has 0 amide bonds. The highest BCUT2D eigenvalue weighted by molar-refractivity contribution is 6.35. The topological polar surface area (TPSA) is 57.2 Å². The van der Waals surface area contributed by atoms with Crippen molar-refractivity contribution in [2.45, 2.75) is 13.0 Å². The number of hydrogen-bond acceptors (Lipinski definition) is 3. The Labute approximate surface area is 139 Å². The fraction of sp³-hybridized carbons (Fsp3) is 0.167. The molecule has 1 unspecified atom stereocenters. The number of ether oxygens (including phenoxy) is 1. The monoisotopic (exact) mass is 328 g/mol. The molecule has 118 valence electrons. The number of benzene rings is 2. The van der Waals surface area contributed by atoms with E-state index in [9.17, 15) is 4.79 Å². The number of pyridine rings is 1. The maximum atomic E-state index is 13.0. The second-order valence-corrected chi connectivity index (χ2v) is 5.81. The third-order valence-electron chi connectivity index (χ3n) is 3.82. The number of nitrogens with zero attached hydrogens (tertiary/aromatic N) is 1. The maximum Gasteiger partial charge on any atom is 0.264 e. The molecule has 0 saturated heterocycles. The lowest BCUT2D eigenvalue weighted by Crippen LogP contribution is -2.25. The molecule has 1 aromatic heterocycles. The van der Waals surface area contributed by atoms with E-state index in [1.807, 2.05) is 49.4 Å². The van der Waals surface area contributed by atoms with Gasteiger partial charge in [0.25, 0.3) is 5.56 Å². The number of aromatic nitrogens is 1. The molecule has 0 radical (unpaired) electrons. The second-order valence-electron chi connectivity index (χ2n) is 5.40. The van der Waals surface area contributed by atoms with E-state index in [1.54, 1.807) is 17.7 Å². The standard InChI is InChI=1S/C18H17ClN2O2/c1-11(20)16-10-12-4-3-5-15(19)17(12)18(22)21(16)13-6-8-14(23-2)9-7-13/h3-11H,20H2,1-2H3. The van der Waals surface area contributed by atoms with Gasteiger partial charge in [-0.3, -0.25) is 9.36 Å². The molecule has 3 aromatic rings. The molecular weight excluding hydrogens is 312 g/mol. The van der Waals surface area contributed by atoms with E-state index in [4.69, 9.17) is 22.1 Å². The Kier molecular flexibility index (Phi) is 4.11. The van der Waals surface area contributed by atoms with E-state index in [0.29, 0.717) is 10.4 Å². The molecule has 4 nitrogen and oxygen atoms in total. The SMILES string of the molecule is COc1ccc(-n2c(C(C)N)cc3cccc(Cl)c3c2=O)cc1. The summed E-state index contributed by atoms with van der Waals surface area (Å²) >= 11 is 6.24. The van der Waals surface area contributed by atoms with E-state index in [1.165, 1.54) is 0 Å². The first-order valence-corrected chi connectivity index (χ1v) is 7.65. The van der Waals surface area contributed by atoms with E-state index in [-0.39, 0.29) is 11.6 Å². The van der Waals surface area contributed by atoms with Crippen LogP contribution < -0.4 is 16.0 Å². The van der Waals surface area contributed by atoms with Crippen LogP contribution in [0, 0.1) is 0 Å². The van der Waals surface area contributed by atoms with Gasteiger partial charge in [-0.15, -0.1) is 0 Å². The first kappa shape index (κ1) is 15.6. The average molecular weight is 329 g/mol. The van der Waals surface area contributed by atoms with Crippen molar-refractivity contribution in [1.82, 2.24) is 4.57 Å². The Morgan fingerprint density at radius 1 is 1.17 bits per heavy atom. The maximum absolute atomic E-state index is 13.0. The molecule has 1 heterocycles. The van der Waals surface area contributed by atoms with Crippen molar-refractivity contribution in [3.05, 3.63) is 69.6 Å². The zero-order valence-corrected chi connectivity index (χ0v) is 13.7. The van der Waals surface area contributed by atoms with Crippen LogP contribution in [0.3, 0.4) is 0 Å². The Morgan fingerprint density at radius 2 is 1.87 bits per heavy atom. The minimum absolute atomic E-state index is 0.175. The van der Waals surface area contributed by atoms with Crippen LogP contribution in [0.1, 0.15) is 18.7 Å². The Morgan fingerprint density at radius 3 is 2.48 bits per heavy atom. The Hall–Kier alpha value is -2.30. The molecule has 0 aliphatic carbocycles. The van der Waals surface area contributed by atoms with E-state index < -0.39 is 0 Å². The number of halogens is 1. The molecule has 0 saturated carbocycles. The molecule has 0 aliphatic heterocycles. The van der Waals surface area contributed by atoms with Gasteiger partial charge in [-0.2, -0.15) is 0 Å². The number of methoxy groups -OCH3 is 1. The summed E-state index contributed by atoms with van der Waals surface area (Å²) < 4.78 is 6.78. The molecule has 3 rings (SSSR count). The van der Waals surface area contributed by atoms with Gasteiger partial charge in [-0.25, -0.2) is 0 Å². The van der Waals surface area contributed by atoms with Crippen LogP contribution in [0.2, 0.25) is 5.02 Å². The van der Waals surface area contributed by atoms with Crippen molar-refractivity contribution >= 4 is 22.4 Å². The molecule has 0 bridgehead atoms. The normalized spacial score (nSPS) is 12.3. The van der Waals surface area contributed by atoms with Crippen LogP contribution in [0.25, 0.3) is 16.5 Å². The molecule has 2 aromatic carbocycles. The Balaban J connectivity index is 2.37. The third kappa shape index (κ3) is 2.71. The fourth-order valence-corrected chi connectivity index (χ4v) is 2.94. The first-order chi connectivity index (χ1) is 11.0. The predicted molar refractivity (Wildman–Crippen MR) is 93.7 cm³/mol. The van der Waals surface area contributed by atoms with Gasteiger partial charge in [0.15, 0.2) is 0 Å². The molecular formula is C18H17ClN2O2. The van der Waals surface area contributed by atoms with Crippen LogP contribution in [0.4, 0.5) is 0 Å². The van der Waals surface area contributed by atoms with Gasteiger partial charge in [-0.05, 0) is 48.7 Å². The van der Waals surface area contributed by atoms with Crippen molar-refractivity contribution in [2.75, 3.05) is 7.11 Å². The minimum Gasteiger partial charge on any atom is -0.497 e. The summed E-state index contributed by atoms with van der Waals surface area (Å²) in [4.78, 5) is 13.0. The lowest BCUT2D eigenvalue weighted by atomic mass is 10.1. The molecule has 0 fully saturated rings. The van der Waals surface area contributed by atoms with Crippen LogP contribution in [0.5, 0.6) is 5.75 Å². The average Bonchev–Trinajstić information content (AvgIpc) is 2.54. The smallest absolute Gasteiger partial charge is 0.264 e. The third-order valence-corrected chi connectivity index (χ3v) is 4.14. The van der Waals surface area contributed by atoms with Crippen LogP contribution in [0.15, 0.2) is 53.3 Å². The lowest BCUT2D eigenvalue weighted by molar-refractivity contribution is 0.414. The highest BCUT2D eigenvalue weighted by Gasteiger charge is 2.15. The number of fused-ring (bicyclic) bond motifs is 1. The minimum atomic E-state index is -0.298. The van der Waals surface area contributed by atoms with E-state index >= 15 is 0 Å². The van der Waals surface area contributed by atoms with Gasteiger partial charge >= 0.3 is 0 Å². The summed E-state index contributed by atoms with van der Waals surface area (Å²) in [5.74, 6) is 0.725. The second kappa shape index (κ2) is 6.07. The van der Waals surface area contributed by atoms with Gasteiger partial charge in [0, 0.05) is 17.4 Å². The lowest BCUT2D eigenvalue weighted by Gasteiger charge is -2.17. The highest BCUT2D eigenvalue weighted by atomic mass is 35.5. The largest absolute Gasteiger partial charge is 0.497 e. The van der Waals surface area contributed by atoms with Crippen molar-refractivity contribution in [3.8, 4) is 11.4 Å². The van der Waals surface area contributed by atoms with Gasteiger partial charge < -0.3 is 10.5 Å². The van der Waals surface area contributed by atoms with Crippen LogP contribution in [-0.2, 0) is 0 Å². The quantitative estimate of drug-likeness (QED) is 0.798. The number of rotatable bonds is 3. The van der Waals surface area contributed by atoms with Gasteiger partial charge in [0.05, 0.1) is 17.5 Å². The molecule has 1 atom stereocenters. The van der Waals surface area contributed by atoms with Gasteiger partial charge in [0.2, 0.25) is 0 Å². The van der Waals surface area contributed by atoms with Gasteiger partial charge in [0.1, 0.15) is 5.75 Å². The summed E-state index contributed by atoms with van der Waals surface area (Å²) in [6.07, 6.45) is 0. The Bertz CT molecular complexity index is 915. The predicted octanol–water partition coefficient (Wildman–Crippen LogP) is 3.67. The summed E-state index contributed by atoms with van der Waals surface area (Å²) in [5, 5.41) is 1.72. The van der Waals surface area contributed by atoms with Crippen LogP contribution in [-0.4, -0.2) is 11.7 Å². The number of nitrogens with two attached hydrogens (primary N) is 1. The van der Waals surface area contributed by atoms with E-state index in [2.05, 4.69) is 0 Å². The molecule has 0 aliphatic rings. The van der Waals surface area contributed by atoms with Gasteiger partial charge in [-0.1, -0.05) is 23.7 Å². The molecule has 5 heteroatoms.